The van der Waals surface area contributed by atoms with E-state index in [1.165, 1.54) is 19.3 Å². The highest BCUT2D eigenvalue weighted by molar-refractivity contribution is 5.97. The van der Waals surface area contributed by atoms with E-state index in [1.54, 1.807) is 10.9 Å². The second kappa shape index (κ2) is 5.84. The molecule has 1 aliphatic heterocycles. The zero-order chi connectivity index (χ0) is 14.8. The van der Waals surface area contributed by atoms with Crippen molar-refractivity contribution < 1.29 is 4.79 Å². The van der Waals surface area contributed by atoms with Crippen LogP contribution in [-0.2, 0) is 7.05 Å². The Hall–Kier alpha value is -1.91. The molecule has 0 N–H and O–H groups in total. The van der Waals surface area contributed by atoms with Crippen LogP contribution in [0.5, 0.6) is 0 Å². The Bertz CT molecular complexity index is 654. The number of rotatable bonds is 1. The molecule has 5 heteroatoms. The number of likely N-dealkylation sites (tertiary alicyclic amines) is 1. The highest BCUT2D eigenvalue weighted by Crippen LogP contribution is 2.19. The molecule has 0 atom stereocenters. The minimum absolute atomic E-state index is 0.106. The van der Waals surface area contributed by atoms with Crippen molar-refractivity contribution in [3.63, 3.8) is 0 Å². The van der Waals surface area contributed by atoms with E-state index in [0.717, 1.165) is 42.7 Å². The summed E-state index contributed by atoms with van der Waals surface area (Å²) < 4.78 is 1.76. The van der Waals surface area contributed by atoms with Crippen LogP contribution in [0.1, 0.15) is 48.2 Å². The molecular weight excluding hydrogens is 264 g/mol. The van der Waals surface area contributed by atoms with Crippen molar-refractivity contribution >= 4 is 16.9 Å². The maximum atomic E-state index is 12.7. The first-order chi connectivity index (χ1) is 10.2. The summed E-state index contributed by atoms with van der Waals surface area (Å²) in [5, 5.41) is 5.33. The van der Waals surface area contributed by atoms with Gasteiger partial charge in [-0.1, -0.05) is 19.3 Å². The molecule has 0 aromatic carbocycles. The lowest BCUT2D eigenvalue weighted by atomic mass is 10.1. The van der Waals surface area contributed by atoms with E-state index in [9.17, 15) is 4.79 Å². The van der Waals surface area contributed by atoms with Crippen LogP contribution in [0.3, 0.4) is 0 Å². The molecule has 3 heterocycles. The smallest absolute Gasteiger partial charge is 0.255 e. The number of hydrogen-bond acceptors (Lipinski definition) is 3. The summed E-state index contributed by atoms with van der Waals surface area (Å²) in [4.78, 5) is 19.1. The van der Waals surface area contributed by atoms with E-state index in [4.69, 9.17) is 0 Å². The Morgan fingerprint density at radius 2 is 1.81 bits per heavy atom. The third-order valence-corrected chi connectivity index (χ3v) is 4.25. The van der Waals surface area contributed by atoms with Crippen molar-refractivity contribution in [2.75, 3.05) is 13.1 Å². The summed E-state index contributed by atoms with van der Waals surface area (Å²) in [5.74, 6) is 0.106. The van der Waals surface area contributed by atoms with Gasteiger partial charge >= 0.3 is 0 Å². The SMILES string of the molecule is Cc1nn(C)c2ncc(C(=O)N3CCCCCCC3)cc12. The van der Waals surface area contributed by atoms with E-state index < -0.39 is 0 Å². The molecule has 2 aromatic rings. The van der Waals surface area contributed by atoms with Crippen molar-refractivity contribution in [1.82, 2.24) is 19.7 Å². The molecule has 21 heavy (non-hydrogen) atoms. The first-order valence-corrected chi connectivity index (χ1v) is 7.75. The lowest BCUT2D eigenvalue weighted by Crippen LogP contribution is -2.33. The molecule has 0 radical (unpaired) electrons. The van der Waals surface area contributed by atoms with Gasteiger partial charge in [-0.05, 0) is 25.8 Å². The van der Waals surface area contributed by atoms with Gasteiger partial charge in [0.05, 0.1) is 11.3 Å². The number of amides is 1. The lowest BCUT2D eigenvalue weighted by Gasteiger charge is -2.24. The number of aryl methyl sites for hydroxylation is 2. The molecule has 5 nitrogen and oxygen atoms in total. The van der Waals surface area contributed by atoms with Crippen LogP contribution in [-0.4, -0.2) is 38.7 Å². The van der Waals surface area contributed by atoms with Crippen molar-refractivity contribution in [3.05, 3.63) is 23.5 Å². The fourth-order valence-corrected chi connectivity index (χ4v) is 3.06. The maximum Gasteiger partial charge on any atom is 0.255 e. The maximum absolute atomic E-state index is 12.7. The summed E-state index contributed by atoms with van der Waals surface area (Å²) in [6.07, 6.45) is 7.64. The van der Waals surface area contributed by atoms with Gasteiger partial charge < -0.3 is 4.90 Å². The van der Waals surface area contributed by atoms with Gasteiger partial charge in [0, 0.05) is 31.7 Å². The number of carbonyl (C=O) groups is 1. The van der Waals surface area contributed by atoms with Crippen LogP contribution >= 0.6 is 0 Å². The normalized spacial score (nSPS) is 16.8. The number of aromatic nitrogens is 3. The topological polar surface area (TPSA) is 51.0 Å². The van der Waals surface area contributed by atoms with Crippen LogP contribution in [0.2, 0.25) is 0 Å². The molecule has 0 saturated carbocycles. The minimum atomic E-state index is 0.106. The third-order valence-electron chi connectivity index (χ3n) is 4.25. The van der Waals surface area contributed by atoms with Crippen LogP contribution in [0.4, 0.5) is 0 Å². The number of nitrogens with zero attached hydrogens (tertiary/aromatic N) is 4. The lowest BCUT2D eigenvalue weighted by molar-refractivity contribution is 0.0742. The van der Waals surface area contributed by atoms with Gasteiger partial charge in [0.25, 0.3) is 5.91 Å². The van der Waals surface area contributed by atoms with E-state index in [0.29, 0.717) is 5.56 Å². The molecule has 2 aromatic heterocycles. The molecular formula is C16H22N4O. The summed E-state index contributed by atoms with van der Waals surface area (Å²) in [5.41, 5.74) is 2.43. The fourth-order valence-electron chi connectivity index (χ4n) is 3.06. The van der Waals surface area contributed by atoms with E-state index in [1.807, 2.05) is 24.9 Å². The third kappa shape index (κ3) is 2.77. The molecule has 1 fully saturated rings. The summed E-state index contributed by atoms with van der Waals surface area (Å²) in [6.45, 7) is 3.68. The Morgan fingerprint density at radius 3 is 2.52 bits per heavy atom. The molecule has 0 spiro atoms. The second-order valence-corrected chi connectivity index (χ2v) is 5.86. The van der Waals surface area contributed by atoms with E-state index >= 15 is 0 Å². The summed E-state index contributed by atoms with van der Waals surface area (Å²) >= 11 is 0. The Morgan fingerprint density at radius 1 is 1.14 bits per heavy atom. The molecule has 112 valence electrons. The van der Waals surface area contributed by atoms with Gasteiger partial charge in [-0.25, -0.2) is 4.98 Å². The molecule has 0 aliphatic carbocycles. The molecule has 1 amide bonds. The largest absolute Gasteiger partial charge is 0.339 e. The zero-order valence-electron chi connectivity index (χ0n) is 12.8. The van der Waals surface area contributed by atoms with Crippen molar-refractivity contribution in [3.8, 4) is 0 Å². The number of hydrogen-bond donors (Lipinski definition) is 0. The highest BCUT2D eigenvalue weighted by Gasteiger charge is 2.18. The van der Waals surface area contributed by atoms with Crippen LogP contribution in [0, 0.1) is 6.92 Å². The van der Waals surface area contributed by atoms with Crippen LogP contribution in [0.15, 0.2) is 12.3 Å². The number of pyridine rings is 1. The van der Waals surface area contributed by atoms with Gasteiger partial charge in [-0.15, -0.1) is 0 Å². The monoisotopic (exact) mass is 286 g/mol. The average Bonchev–Trinajstić information content (AvgIpc) is 2.73. The van der Waals surface area contributed by atoms with Crippen LogP contribution in [0.25, 0.3) is 11.0 Å². The van der Waals surface area contributed by atoms with E-state index in [2.05, 4.69) is 10.1 Å². The summed E-state index contributed by atoms with van der Waals surface area (Å²) in [7, 11) is 1.88. The molecule has 1 saturated heterocycles. The van der Waals surface area contributed by atoms with Crippen molar-refractivity contribution in [2.24, 2.45) is 7.05 Å². The van der Waals surface area contributed by atoms with Gasteiger partial charge in [0.15, 0.2) is 5.65 Å². The molecule has 3 rings (SSSR count). The van der Waals surface area contributed by atoms with Crippen molar-refractivity contribution in [2.45, 2.75) is 39.0 Å². The molecule has 1 aliphatic rings. The van der Waals surface area contributed by atoms with Crippen LogP contribution < -0.4 is 0 Å². The predicted octanol–water partition coefficient (Wildman–Crippen LogP) is 2.68. The highest BCUT2D eigenvalue weighted by atomic mass is 16.2. The summed E-state index contributed by atoms with van der Waals surface area (Å²) in [6, 6.07) is 1.94. The number of fused-ring (bicyclic) bond motifs is 1. The quantitative estimate of drug-likeness (QED) is 0.810. The minimum Gasteiger partial charge on any atom is -0.339 e. The Labute approximate surface area is 125 Å². The second-order valence-electron chi connectivity index (χ2n) is 5.86. The van der Waals surface area contributed by atoms with Gasteiger partial charge in [-0.2, -0.15) is 5.10 Å². The van der Waals surface area contributed by atoms with Crippen molar-refractivity contribution in [1.29, 1.82) is 0 Å². The van der Waals surface area contributed by atoms with Gasteiger partial charge in [0.1, 0.15) is 0 Å². The first kappa shape index (κ1) is 14.0. The van der Waals surface area contributed by atoms with Gasteiger partial charge in [-0.3, -0.25) is 9.48 Å². The Balaban J connectivity index is 1.88. The predicted molar refractivity (Wildman–Crippen MR) is 82.2 cm³/mol. The first-order valence-electron chi connectivity index (χ1n) is 7.75. The average molecular weight is 286 g/mol. The zero-order valence-corrected chi connectivity index (χ0v) is 12.8. The van der Waals surface area contributed by atoms with Gasteiger partial charge in [0.2, 0.25) is 0 Å². The number of carbonyl (C=O) groups excluding carboxylic acids is 1. The molecule has 0 bridgehead atoms. The Kier molecular flexibility index (Phi) is 3.90. The molecule has 0 unspecified atom stereocenters. The van der Waals surface area contributed by atoms with E-state index in [-0.39, 0.29) is 5.91 Å². The standard InChI is InChI=1S/C16H22N4O/c1-12-14-10-13(11-17-15(14)19(2)18-12)16(21)20-8-6-4-3-5-7-9-20/h10-11H,3-9H2,1-2H3. The fraction of sp³-hybridized carbons (Fsp3) is 0.562.